The van der Waals surface area contributed by atoms with Crippen molar-refractivity contribution < 1.29 is 38.2 Å². The van der Waals surface area contributed by atoms with E-state index in [1.54, 1.807) is 31.3 Å². The van der Waals surface area contributed by atoms with Gasteiger partial charge in [-0.05, 0) is 61.5 Å². The quantitative estimate of drug-likeness (QED) is 0.118. The van der Waals surface area contributed by atoms with Gasteiger partial charge in [-0.25, -0.2) is 19.6 Å². The van der Waals surface area contributed by atoms with E-state index in [1.807, 2.05) is 90.1 Å². The van der Waals surface area contributed by atoms with Gasteiger partial charge in [0.05, 0.1) is 50.1 Å². The van der Waals surface area contributed by atoms with Crippen LogP contribution < -0.4 is 10.6 Å². The molecule has 6 rings (SSSR count). The van der Waals surface area contributed by atoms with E-state index < -0.39 is 36.4 Å². The fraction of sp³-hybridized carbons (Fsp3) is 0.500. The van der Waals surface area contributed by atoms with Gasteiger partial charge in [0.2, 0.25) is 23.6 Å². The van der Waals surface area contributed by atoms with Gasteiger partial charge in [0.1, 0.15) is 23.7 Å². The minimum Gasteiger partial charge on any atom is -0.453 e. The minimum atomic E-state index is -0.797. The van der Waals surface area contributed by atoms with Gasteiger partial charge in [-0.1, -0.05) is 90.1 Å². The number of amides is 4. The summed E-state index contributed by atoms with van der Waals surface area (Å²) in [4.78, 5) is 92.7. The maximum atomic E-state index is 13.9. The van der Waals surface area contributed by atoms with Gasteiger partial charge in [-0.3, -0.25) is 28.3 Å². The van der Waals surface area contributed by atoms with Gasteiger partial charge in [0, 0.05) is 37.1 Å². The Morgan fingerprint density at radius 3 is 1.25 bits per heavy atom. The molecule has 2 N–H and O–H groups in total. The molecule has 4 aromatic rings. The highest BCUT2D eigenvalue weighted by atomic mass is 16.5. The lowest BCUT2D eigenvalue weighted by atomic mass is 10.0. The second-order valence-electron chi connectivity index (χ2n) is 17.2. The third-order valence-electron chi connectivity index (χ3n) is 12.2. The molecule has 0 spiro atoms. The second-order valence-corrected chi connectivity index (χ2v) is 17.2. The summed E-state index contributed by atoms with van der Waals surface area (Å²) in [7, 11) is 2.52. The number of nitrogens with zero attached hydrogens (tertiary/aromatic N) is 6. The van der Waals surface area contributed by atoms with Crippen molar-refractivity contribution in [1.29, 1.82) is 0 Å². The Morgan fingerprint density at radius 2 is 0.938 bits per heavy atom. The molecule has 2 aliphatic heterocycles. The molecule has 16 nitrogen and oxygen atoms in total. The van der Waals surface area contributed by atoms with Crippen LogP contribution in [0.4, 0.5) is 9.59 Å². The number of aromatic nitrogens is 4. The van der Waals surface area contributed by atoms with Crippen LogP contribution in [-0.2, 0) is 19.1 Å². The first-order valence-electron chi connectivity index (χ1n) is 22.5. The average molecular weight is 879 g/mol. The predicted molar refractivity (Wildman–Crippen MR) is 241 cm³/mol. The topological polar surface area (TPSA) is 187 Å². The Balaban J connectivity index is 1.26. The number of hydrogen-bond acceptors (Lipinski definition) is 10. The molecular weight excluding hydrogens is 817 g/mol. The molecule has 0 radical (unpaired) electrons. The van der Waals surface area contributed by atoms with Crippen molar-refractivity contribution >= 4 is 35.8 Å². The fourth-order valence-electron chi connectivity index (χ4n) is 8.81. The average Bonchev–Trinajstić information content (AvgIpc) is 4.13. The first-order chi connectivity index (χ1) is 30.7. The highest BCUT2D eigenvalue weighted by Crippen LogP contribution is 2.38. The summed E-state index contributed by atoms with van der Waals surface area (Å²) in [6.45, 7) is 12.3. The number of hydrogen-bond donors (Lipinski definition) is 2. The standard InChI is InChI=1S/C48H62N8O8/c1-9-13-39(57)55-37(27-49-43(55)35-15-11-25-53(35)45(59)41(29(3)4)51-47(61)63-7)33-21-17-31(18-22-33)32-19-23-34(24-20-32)38-28-50-44(56(38)40(58)14-10-2)36-16-12-26-54(36)46(60)42(30(5)6)52-48(62)64-8/h17-24,27-30,35-36,41-42H,9-16,25-26H2,1-8H3,(H,51,61)(H,52,62)/t35-,36-,41+,42+/m1/s1. The number of ether oxygens (including phenoxy) is 2. The van der Waals surface area contributed by atoms with Gasteiger partial charge in [0.15, 0.2) is 0 Å². The molecule has 342 valence electrons. The molecule has 4 atom stereocenters. The summed E-state index contributed by atoms with van der Waals surface area (Å²) in [5.41, 5.74) is 4.71. The minimum absolute atomic E-state index is 0.112. The van der Waals surface area contributed by atoms with Crippen LogP contribution in [-0.4, -0.2) is 104 Å². The molecule has 2 fully saturated rings. The maximum Gasteiger partial charge on any atom is 0.407 e. The summed E-state index contributed by atoms with van der Waals surface area (Å²) in [5.74, 6) is -0.0923. The Bertz CT molecular complexity index is 2150. The lowest BCUT2D eigenvalue weighted by Crippen LogP contribution is -2.51. The van der Waals surface area contributed by atoms with Crippen LogP contribution in [0, 0.1) is 11.8 Å². The second kappa shape index (κ2) is 20.9. The van der Waals surface area contributed by atoms with Crippen LogP contribution in [0.15, 0.2) is 60.9 Å². The number of benzene rings is 2. The van der Waals surface area contributed by atoms with Crippen molar-refractivity contribution in [2.75, 3.05) is 27.3 Å². The van der Waals surface area contributed by atoms with Crippen LogP contribution >= 0.6 is 0 Å². The molecule has 4 amide bonds. The van der Waals surface area contributed by atoms with E-state index in [1.165, 1.54) is 14.2 Å². The van der Waals surface area contributed by atoms with Gasteiger partial charge in [-0.15, -0.1) is 0 Å². The molecular formula is C48H62N8O8. The Morgan fingerprint density at radius 1 is 0.594 bits per heavy atom. The van der Waals surface area contributed by atoms with Crippen LogP contribution in [0.2, 0.25) is 0 Å². The summed E-state index contributed by atoms with van der Waals surface area (Å²) >= 11 is 0. The predicted octanol–water partition coefficient (Wildman–Crippen LogP) is 8.05. The van der Waals surface area contributed by atoms with E-state index in [-0.39, 0.29) is 35.5 Å². The normalized spacial score (nSPS) is 17.1. The first-order valence-corrected chi connectivity index (χ1v) is 22.5. The molecule has 2 aromatic heterocycles. The molecule has 2 aromatic carbocycles. The van der Waals surface area contributed by atoms with E-state index in [9.17, 15) is 28.8 Å². The van der Waals surface area contributed by atoms with Crippen molar-refractivity contribution in [2.45, 2.75) is 117 Å². The zero-order valence-electron chi connectivity index (χ0n) is 38.3. The third-order valence-corrected chi connectivity index (χ3v) is 12.2. The number of methoxy groups -OCH3 is 2. The molecule has 2 saturated heterocycles. The van der Waals surface area contributed by atoms with Crippen molar-refractivity contribution in [3.05, 3.63) is 72.6 Å². The number of carbonyl (C=O) groups excluding carboxylic acids is 6. The van der Waals surface area contributed by atoms with Crippen LogP contribution in [0.25, 0.3) is 33.6 Å². The number of carbonyl (C=O) groups is 6. The van der Waals surface area contributed by atoms with E-state index in [0.29, 0.717) is 74.7 Å². The Labute approximate surface area is 375 Å². The number of likely N-dealkylation sites (tertiary alicyclic amines) is 2. The lowest BCUT2D eigenvalue weighted by Gasteiger charge is -2.30. The van der Waals surface area contributed by atoms with Gasteiger partial charge in [-0.2, -0.15) is 0 Å². The lowest BCUT2D eigenvalue weighted by molar-refractivity contribution is -0.136. The zero-order chi connectivity index (χ0) is 46.2. The molecule has 0 aliphatic carbocycles. The van der Waals surface area contributed by atoms with E-state index >= 15 is 0 Å². The first kappa shape index (κ1) is 47.2. The fourth-order valence-corrected chi connectivity index (χ4v) is 8.81. The van der Waals surface area contributed by atoms with Crippen LogP contribution in [0.3, 0.4) is 0 Å². The summed E-state index contributed by atoms with van der Waals surface area (Å²) in [6.07, 6.45) is 6.62. The smallest absolute Gasteiger partial charge is 0.407 e. The zero-order valence-corrected chi connectivity index (χ0v) is 38.3. The maximum absolute atomic E-state index is 13.9. The molecule has 0 bridgehead atoms. The summed E-state index contributed by atoms with van der Waals surface area (Å²) in [5, 5.41) is 5.37. The van der Waals surface area contributed by atoms with E-state index in [4.69, 9.17) is 19.4 Å². The molecule has 2 aliphatic rings. The monoisotopic (exact) mass is 878 g/mol. The highest BCUT2D eigenvalue weighted by molar-refractivity contribution is 5.89. The van der Waals surface area contributed by atoms with E-state index in [2.05, 4.69) is 10.6 Å². The van der Waals surface area contributed by atoms with E-state index in [0.717, 1.165) is 35.1 Å². The van der Waals surface area contributed by atoms with Crippen molar-refractivity contribution in [1.82, 2.24) is 39.5 Å². The van der Waals surface area contributed by atoms with Gasteiger partial charge in [0.25, 0.3) is 0 Å². The van der Waals surface area contributed by atoms with Crippen LogP contribution in [0.1, 0.15) is 126 Å². The van der Waals surface area contributed by atoms with Crippen molar-refractivity contribution in [2.24, 2.45) is 11.8 Å². The number of rotatable bonds is 15. The molecule has 16 heteroatoms. The molecule has 4 heterocycles. The Hall–Kier alpha value is -6.32. The van der Waals surface area contributed by atoms with Crippen molar-refractivity contribution in [3.8, 4) is 33.6 Å². The summed E-state index contributed by atoms with van der Waals surface area (Å²) < 4.78 is 12.9. The van der Waals surface area contributed by atoms with Crippen molar-refractivity contribution in [3.63, 3.8) is 0 Å². The third kappa shape index (κ3) is 9.90. The SMILES string of the molecule is CCCC(=O)n1c(-c2ccc(-c3ccc(-c4cnc([C@H]5CCCN5C(=O)[C@@H](NC(=O)OC)C(C)C)n4C(=O)CCC)cc3)cc2)cnc1[C@H]1CCCN1C(=O)[C@@H](NC(=O)OC)C(C)C. The number of alkyl carbamates (subject to hydrolysis) is 2. The molecule has 0 unspecified atom stereocenters. The van der Waals surface area contributed by atoms with Crippen LogP contribution in [0.5, 0.6) is 0 Å². The van der Waals surface area contributed by atoms with Gasteiger partial charge < -0.3 is 29.9 Å². The molecule has 64 heavy (non-hydrogen) atoms. The highest BCUT2D eigenvalue weighted by Gasteiger charge is 2.41. The largest absolute Gasteiger partial charge is 0.453 e. The summed E-state index contributed by atoms with van der Waals surface area (Å²) in [6, 6.07) is 13.3. The Kier molecular flexibility index (Phi) is 15.4. The van der Waals surface area contributed by atoms with Gasteiger partial charge >= 0.3 is 12.2 Å². The number of nitrogens with one attached hydrogen (secondary N) is 2. The number of imidazole rings is 2. The molecule has 0 saturated carbocycles.